The predicted octanol–water partition coefficient (Wildman–Crippen LogP) is 2.52. The van der Waals surface area contributed by atoms with Crippen molar-refractivity contribution in [1.29, 1.82) is 0 Å². The Bertz CT molecular complexity index is 1090. The molecule has 0 saturated carbocycles. The molecule has 3 heterocycles. The lowest BCUT2D eigenvalue weighted by molar-refractivity contribution is 0.125. The number of aromatic hydroxyl groups is 1. The number of piperazine rings is 1. The molecule has 31 heavy (non-hydrogen) atoms. The van der Waals surface area contributed by atoms with Crippen LogP contribution in [-0.4, -0.2) is 56.8 Å². The standard InChI is InChI=1S/C25H30N4O2/c30-24-23-17-21-9-4-5-10-22(21)19-29(23)25(31)28(24)12-6-11-26-13-15-27(16-14-26)18-20-7-2-1-3-8-20/h1-5,7-10,30H,6,11-19H2. The summed E-state index contributed by atoms with van der Waals surface area (Å²) in [6.07, 6.45) is 1.48. The van der Waals surface area contributed by atoms with E-state index in [1.165, 1.54) is 16.7 Å². The third kappa shape index (κ3) is 4.18. The Morgan fingerprint density at radius 1 is 0.806 bits per heavy atom. The van der Waals surface area contributed by atoms with Crippen LogP contribution >= 0.6 is 0 Å². The van der Waals surface area contributed by atoms with Crippen LogP contribution in [0.2, 0.25) is 0 Å². The Labute approximate surface area is 183 Å². The van der Waals surface area contributed by atoms with Crippen LogP contribution in [0.25, 0.3) is 0 Å². The summed E-state index contributed by atoms with van der Waals surface area (Å²) in [6.45, 7) is 7.31. The van der Waals surface area contributed by atoms with Gasteiger partial charge in [-0.25, -0.2) is 4.79 Å². The van der Waals surface area contributed by atoms with Gasteiger partial charge < -0.3 is 10.0 Å². The Balaban J connectivity index is 1.14. The second kappa shape index (κ2) is 8.73. The highest BCUT2D eigenvalue weighted by molar-refractivity contribution is 5.38. The molecular formula is C25H30N4O2. The van der Waals surface area contributed by atoms with Gasteiger partial charge in [-0.15, -0.1) is 0 Å². The average Bonchev–Trinajstić information content (AvgIpc) is 3.03. The van der Waals surface area contributed by atoms with Crippen molar-refractivity contribution in [1.82, 2.24) is 18.9 Å². The maximum absolute atomic E-state index is 12.9. The SMILES string of the molecule is O=c1n(CCCN2CCN(Cc3ccccc3)CC2)c(O)c2n1Cc1ccccc1C2. The molecule has 3 aromatic rings. The summed E-state index contributed by atoms with van der Waals surface area (Å²) in [5.41, 5.74) is 4.39. The number of imidazole rings is 1. The van der Waals surface area contributed by atoms with Crippen molar-refractivity contribution >= 4 is 0 Å². The van der Waals surface area contributed by atoms with Crippen LogP contribution in [0, 0.1) is 0 Å². The smallest absolute Gasteiger partial charge is 0.331 e. The first-order valence-corrected chi connectivity index (χ1v) is 11.3. The lowest BCUT2D eigenvalue weighted by Crippen LogP contribution is -2.46. The highest BCUT2D eigenvalue weighted by atomic mass is 16.3. The number of aromatic nitrogens is 2. The molecule has 1 aromatic heterocycles. The predicted molar refractivity (Wildman–Crippen MR) is 121 cm³/mol. The molecular weight excluding hydrogens is 388 g/mol. The van der Waals surface area contributed by atoms with Crippen LogP contribution in [0.3, 0.4) is 0 Å². The molecule has 0 atom stereocenters. The Hall–Kier alpha value is -2.83. The summed E-state index contributed by atoms with van der Waals surface area (Å²) in [5, 5.41) is 10.7. The van der Waals surface area contributed by atoms with Gasteiger partial charge in [0.05, 0.1) is 12.2 Å². The van der Waals surface area contributed by atoms with Gasteiger partial charge in [0.1, 0.15) is 0 Å². The third-order valence-electron chi connectivity index (χ3n) is 6.68. The lowest BCUT2D eigenvalue weighted by Gasteiger charge is -2.34. The molecule has 2 aliphatic rings. The van der Waals surface area contributed by atoms with Crippen molar-refractivity contribution in [2.45, 2.75) is 32.5 Å². The summed E-state index contributed by atoms with van der Waals surface area (Å²) in [5.74, 6) is 0.146. The van der Waals surface area contributed by atoms with E-state index in [1.807, 2.05) is 12.1 Å². The minimum Gasteiger partial charge on any atom is -0.493 e. The van der Waals surface area contributed by atoms with E-state index in [9.17, 15) is 9.90 Å². The molecule has 2 aliphatic heterocycles. The zero-order valence-electron chi connectivity index (χ0n) is 17.9. The van der Waals surface area contributed by atoms with Crippen molar-refractivity contribution in [3.63, 3.8) is 0 Å². The fraction of sp³-hybridized carbons (Fsp3) is 0.400. The van der Waals surface area contributed by atoms with E-state index in [-0.39, 0.29) is 11.6 Å². The van der Waals surface area contributed by atoms with E-state index >= 15 is 0 Å². The number of benzene rings is 2. The maximum Gasteiger partial charge on any atom is 0.331 e. The van der Waals surface area contributed by atoms with E-state index in [1.54, 1.807) is 9.13 Å². The van der Waals surface area contributed by atoms with Gasteiger partial charge in [0.25, 0.3) is 0 Å². The molecule has 1 saturated heterocycles. The van der Waals surface area contributed by atoms with Crippen molar-refractivity contribution in [3.05, 3.63) is 87.5 Å². The van der Waals surface area contributed by atoms with Gasteiger partial charge in [0, 0.05) is 45.7 Å². The molecule has 6 nitrogen and oxygen atoms in total. The average molecular weight is 419 g/mol. The second-order valence-electron chi connectivity index (χ2n) is 8.69. The van der Waals surface area contributed by atoms with Crippen LogP contribution < -0.4 is 5.69 Å². The van der Waals surface area contributed by atoms with Gasteiger partial charge in [-0.1, -0.05) is 54.6 Å². The van der Waals surface area contributed by atoms with E-state index in [0.29, 0.717) is 19.5 Å². The monoisotopic (exact) mass is 418 g/mol. The topological polar surface area (TPSA) is 53.6 Å². The van der Waals surface area contributed by atoms with Crippen LogP contribution in [0.15, 0.2) is 59.4 Å². The summed E-state index contributed by atoms with van der Waals surface area (Å²) in [7, 11) is 0. The van der Waals surface area contributed by atoms with Crippen molar-refractivity contribution < 1.29 is 5.11 Å². The highest BCUT2D eigenvalue weighted by Gasteiger charge is 2.24. The van der Waals surface area contributed by atoms with Crippen LogP contribution in [-0.2, 0) is 26.1 Å². The summed E-state index contributed by atoms with van der Waals surface area (Å²) < 4.78 is 3.30. The van der Waals surface area contributed by atoms with Crippen molar-refractivity contribution in [3.8, 4) is 5.88 Å². The second-order valence-corrected chi connectivity index (χ2v) is 8.69. The first kappa shape index (κ1) is 20.1. The zero-order chi connectivity index (χ0) is 21.2. The van der Waals surface area contributed by atoms with Gasteiger partial charge in [-0.05, 0) is 29.7 Å². The van der Waals surface area contributed by atoms with Crippen LogP contribution in [0.4, 0.5) is 0 Å². The van der Waals surface area contributed by atoms with Crippen LogP contribution in [0.5, 0.6) is 5.88 Å². The lowest BCUT2D eigenvalue weighted by atomic mass is 9.99. The van der Waals surface area contributed by atoms with Gasteiger partial charge >= 0.3 is 5.69 Å². The van der Waals surface area contributed by atoms with E-state index in [0.717, 1.165) is 51.4 Å². The van der Waals surface area contributed by atoms with Crippen molar-refractivity contribution in [2.24, 2.45) is 0 Å². The minimum absolute atomic E-state index is 0.0883. The zero-order valence-corrected chi connectivity index (χ0v) is 17.9. The van der Waals surface area contributed by atoms with Crippen molar-refractivity contribution in [2.75, 3.05) is 32.7 Å². The number of hydrogen-bond acceptors (Lipinski definition) is 4. The normalized spacial score (nSPS) is 16.8. The first-order valence-electron chi connectivity index (χ1n) is 11.3. The van der Waals surface area contributed by atoms with E-state index in [2.05, 4.69) is 52.3 Å². The Kier molecular flexibility index (Phi) is 5.66. The first-order chi connectivity index (χ1) is 15.2. The Morgan fingerprint density at radius 3 is 2.26 bits per heavy atom. The molecule has 0 bridgehead atoms. The molecule has 2 aromatic carbocycles. The summed E-state index contributed by atoms with van der Waals surface area (Å²) in [6, 6.07) is 18.8. The number of fused-ring (bicyclic) bond motifs is 2. The molecule has 0 aliphatic carbocycles. The quantitative estimate of drug-likeness (QED) is 0.523. The molecule has 1 fully saturated rings. The summed E-state index contributed by atoms with van der Waals surface area (Å²) in [4.78, 5) is 17.9. The van der Waals surface area contributed by atoms with Gasteiger partial charge in [-0.3, -0.25) is 14.0 Å². The fourth-order valence-corrected chi connectivity index (χ4v) is 4.87. The number of nitrogens with zero attached hydrogens (tertiary/aromatic N) is 4. The van der Waals surface area contributed by atoms with E-state index < -0.39 is 0 Å². The highest BCUT2D eigenvalue weighted by Crippen LogP contribution is 2.27. The molecule has 162 valence electrons. The molecule has 0 spiro atoms. The fourth-order valence-electron chi connectivity index (χ4n) is 4.87. The largest absolute Gasteiger partial charge is 0.493 e. The molecule has 0 unspecified atom stereocenters. The molecule has 0 amide bonds. The Morgan fingerprint density at radius 2 is 1.48 bits per heavy atom. The van der Waals surface area contributed by atoms with E-state index in [4.69, 9.17) is 0 Å². The molecule has 0 radical (unpaired) electrons. The maximum atomic E-state index is 12.9. The molecule has 5 rings (SSSR count). The number of hydrogen-bond donors (Lipinski definition) is 1. The van der Waals surface area contributed by atoms with Gasteiger partial charge in [0.15, 0.2) is 0 Å². The number of rotatable bonds is 6. The van der Waals surface area contributed by atoms with Gasteiger partial charge in [0.2, 0.25) is 5.88 Å². The van der Waals surface area contributed by atoms with Crippen LogP contribution in [0.1, 0.15) is 28.8 Å². The van der Waals surface area contributed by atoms with Gasteiger partial charge in [-0.2, -0.15) is 0 Å². The molecule has 6 heteroatoms. The third-order valence-corrected chi connectivity index (χ3v) is 6.68. The summed E-state index contributed by atoms with van der Waals surface area (Å²) >= 11 is 0. The minimum atomic E-state index is -0.0883. The molecule has 1 N–H and O–H groups in total.